The van der Waals surface area contributed by atoms with Crippen LogP contribution in [0.4, 0.5) is 4.39 Å². The number of hydrogen-bond acceptors (Lipinski definition) is 5. The van der Waals surface area contributed by atoms with E-state index in [1.807, 2.05) is 30.4 Å². The standard InChI is InChI=1S/C23H34BrClFN5/c1-30(25)31-16-20(17-31)23(24)15-29-22-8-5-19(13-22)14-28-11-2-10-27-12-9-18-3-6-21(26)7-4-18/h3-4,6-7,15-16,19,22,27-29H,2,5,8-14,17H2,1H3/b23-15+. The van der Waals surface area contributed by atoms with E-state index in [1.165, 1.54) is 42.5 Å². The van der Waals surface area contributed by atoms with Crippen molar-refractivity contribution in [3.8, 4) is 0 Å². The molecule has 0 spiro atoms. The van der Waals surface area contributed by atoms with Crippen LogP contribution < -0.4 is 16.0 Å². The predicted octanol–water partition coefficient (Wildman–Crippen LogP) is 4.13. The first-order chi connectivity index (χ1) is 15.0. The lowest BCUT2D eigenvalue weighted by molar-refractivity contribution is 0.143. The molecule has 0 radical (unpaired) electrons. The lowest BCUT2D eigenvalue weighted by Crippen LogP contribution is -2.37. The van der Waals surface area contributed by atoms with Gasteiger partial charge in [0.05, 0.1) is 6.54 Å². The van der Waals surface area contributed by atoms with Crippen LogP contribution in [0.1, 0.15) is 31.2 Å². The largest absolute Gasteiger partial charge is 0.387 e. The highest BCUT2D eigenvalue weighted by molar-refractivity contribution is 9.12. The quantitative estimate of drug-likeness (QED) is 0.273. The molecule has 0 saturated heterocycles. The first kappa shape index (κ1) is 24.5. The van der Waals surface area contributed by atoms with Gasteiger partial charge in [-0.25, -0.2) is 4.39 Å². The molecule has 1 heterocycles. The fourth-order valence-corrected chi connectivity index (χ4v) is 4.45. The molecule has 1 aromatic carbocycles. The molecule has 2 atom stereocenters. The number of hydrogen-bond donors (Lipinski definition) is 3. The number of nitrogens with one attached hydrogen (secondary N) is 3. The SMILES string of the molecule is CN(Cl)N1C=C(/C(Br)=C\NC2CCC(CNCCCNCCc3ccc(F)cc3)C2)C1. The van der Waals surface area contributed by atoms with E-state index in [2.05, 4.69) is 38.1 Å². The summed E-state index contributed by atoms with van der Waals surface area (Å²) >= 11 is 9.56. The van der Waals surface area contributed by atoms with E-state index >= 15 is 0 Å². The lowest BCUT2D eigenvalue weighted by Gasteiger charge is -2.34. The van der Waals surface area contributed by atoms with Gasteiger partial charge in [-0.05, 0) is 110 Å². The molecule has 1 aliphatic carbocycles. The van der Waals surface area contributed by atoms with E-state index in [1.54, 1.807) is 4.53 Å². The topological polar surface area (TPSA) is 42.6 Å². The van der Waals surface area contributed by atoms with Gasteiger partial charge in [0.15, 0.2) is 0 Å². The maximum Gasteiger partial charge on any atom is 0.123 e. The fourth-order valence-electron chi connectivity index (χ4n) is 3.99. The summed E-state index contributed by atoms with van der Waals surface area (Å²) in [5, 5.41) is 12.6. The van der Waals surface area contributed by atoms with Gasteiger partial charge in [0.25, 0.3) is 0 Å². The molecule has 0 aromatic heterocycles. The predicted molar refractivity (Wildman–Crippen MR) is 130 cm³/mol. The van der Waals surface area contributed by atoms with Crippen molar-refractivity contribution in [3.05, 3.63) is 58.1 Å². The van der Waals surface area contributed by atoms with Crippen LogP contribution >= 0.6 is 27.7 Å². The summed E-state index contributed by atoms with van der Waals surface area (Å²) in [5.74, 6) is 0.578. The zero-order valence-corrected chi connectivity index (χ0v) is 20.6. The van der Waals surface area contributed by atoms with Crippen LogP contribution in [0.15, 0.2) is 46.7 Å². The monoisotopic (exact) mass is 513 g/mol. The van der Waals surface area contributed by atoms with E-state index < -0.39 is 0 Å². The van der Waals surface area contributed by atoms with Gasteiger partial charge in [0.2, 0.25) is 0 Å². The minimum atomic E-state index is -0.171. The molecular weight excluding hydrogens is 481 g/mol. The molecule has 2 unspecified atom stereocenters. The minimum Gasteiger partial charge on any atom is -0.387 e. The number of rotatable bonds is 13. The Morgan fingerprint density at radius 2 is 1.97 bits per heavy atom. The third-order valence-corrected chi connectivity index (χ3v) is 6.86. The molecule has 31 heavy (non-hydrogen) atoms. The van der Waals surface area contributed by atoms with Gasteiger partial charge in [-0.2, -0.15) is 0 Å². The average molecular weight is 515 g/mol. The van der Waals surface area contributed by atoms with Gasteiger partial charge in [-0.3, -0.25) is 5.01 Å². The third-order valence-electron chi connectivity index (χ3n) is 5.93. The molecule has 8 heteroatoms. The molecule has 0 amide bonds. The van der Waals surface area contributed by atoms with Gasteiger partial charge in [-0.15, -0.1) is 4.53 Å². The molecule has 1 saturated carbocycles. The summed E-state index contributed by atoms with van der Waals surface area (Å²) in [6.45, 7) is 4.91. The van der Waals surface area contributed by atoms with Crippen LogP contribution in [0.5, 0.6) is 0 Å². The molecule has 172 valence electrons. The van der Waals surface area contributed by atoms with Crippen molar-refractivity contribution in [1.29, 1.82) is 0 Å². The van der Waals surface area contributed by atoms with Crippen LogP contribution in [0, 0.1) is 11.7 Å². The Hall–Kier alpha value is -1.12. The zero-order chi connectivity index (χ0) is 22.1. The summed E-state index contributed by atoms with van der Waals surface area (Å²) in [4.78, 5) is 0. The van der Waals surface area contributed by atoms with Gasteiger partial charge >= 0.3 is 0 Å². The Bertz CT molecular complexity index is 740. The molecule has 1 fully saturated rings. The smallest absolute Gasteiger partial charge is 0.123 e. The Labute approximate surface area is 199 Å². The maximum atomic E-state index is 12.9. The van der Waals surface area contributed by atoms with Crippen molar-refractivity contribution < 1.29 is 4.39 Å². The van der Waals surface area contributed by atoms with E-state index in [0.29, 0.717) is 6.04 Å². The summed E-state index contributed by atoms with van der Waals surface area (Å²) < 4.78 is 15.6. The molecule has 0 bridgehead atoms. The summed E-state index contributed by atoms with van der Waals surface area (Å²) in [5.41, 5.74) is 2.43. The van der Waals surface area contributed by atoms with Crippen molar-refractivity contribution in [2.75, 3.05) is 39.8 Å². The van der Waals surface area contributed by atoms with Crippen molar-refractivity contribution in [2.45, 2.75) is 38.1 Å². The second-order valence-corrected chi connectivity index (χ2v) is 9.76. The average Bonchev–Trinajstić information content (AvgIpc) is 3.16. The molecule has 3 rings (SSSR count). The van der Waals surface area contributed by atoms with Crippen LogP contribution in [0.25, 0.3) is 0 Å². The Morgan fingerprint density at radius 1 is 1.23 bits per heavy atom. The number of halogens is 3. The second-order valence-electron chi connectivity index (χ2n) is 8.42. The minimum absolute atomic E-state index is 0.171. The number of benzene rings is 1. The fraction of sp³-hybridized carbons (Fsp3) is 0.565. The summed E-state index contributed by atoms with van der Waals surface area (Å²) in [7, 11) is 1.82. The number of hydrazine groups is 1. The Balaban J connectivity index is 1.18. The molecule has 1 aliphatic heterocycles. The molecule has 2 aliphatic rings. The lowest BCUT2D eigenvalue weighted by atomic mass is 10.1. The van der Waals surface area contributed by atoms with Crippen molar-refractivity contribution in [1.82, 2.24) is 25.5 Å². The van der Waals surface area contributed by atoms with Gasteiger partial charge in [-0.1, -0.05) is 12.1 Å². The van der Waals surface area contributed by atoms with E-state index in [-0.39, 0.29) is 5.82 Å². The van der Waals surface area contributed by atoms with E-state index in [0.717, 1.165) is 56.0 Å². The van der Waals surface area contributed by atoms with Crippen molar-refractivity contribution in [2.24, 2.45) is 5.92 Å². The Kier molecular flexibility index (Phi) is 10.1. The highest BCUT2D eigenvalue weighted by Gasteiger charge is 2.24. The maximum absolute atomic E-state index is 12.9. The first-order valence-corrected chi connectivity index (χ1v) is 12.3. The number of nitrogens with zero attached hydrogens (tertiary/aromatic N) is 2. The Morgan fingerprint density at radius 3 is 2.71 bits per heavy atom. The highest BCUT2D eigenvalue weighted by atomic mass is 79.9. The highest BCUT2D eigenvalue weighted by Crippen LogP contribution is 2.28. The van der Waals surface area contributed by atoms with Gasteiger partial charge < -0.3 is 16.0 Å². The van der Waals surface area contributed by atoms with Crippen LogP contribution in [0.2, 0.25) is 0 Å². The third kappa shape index (κ3) is 8.39. The first-order valence-electron chi connectivity index (χ1n) is 11.2. The van der Waals surface area contributed by atoms with E-state index in [4.69, 9.17) is 11.8 Å². The van der Waals surface area contributed by atoms with Crippen LogP contribution in [-0.2, 0) is 6.42 Å². The normalized spacial score (nSPS) is 21.4. The van der Waals surface area contributed by atoms with Crippen molar-refractivity contribution >= 4 is 27.7 Å². The van der Waals surface area contributed by atoms with E-state index in [9.17, 15) is 4.39 Å². The molecule has 1 aromatic rings. The summed E-state index contributed by atoms with van der Waals surface area (Å²) in [6.07, 6.45) is 9.91. The molecule has 5 nitrogen and oxygen atoms in total. The zero-order valence-electron chi connectivity index (χ0n) is 18.2. The summed E-state index contributed by atoms with van der Waals surface area (Å²) in [6, 6.07) is 7.32. The second kappa shape index (κ2) is 12.8. The van der Waals surface area contributed by atoms with Gasteiger partial charge in [0, 0.05) is 35.5 Å². The van der Waals surface area contributed by atoms with Crippen molar-refractivity contribution in [3.63, 3.8) is 0 Å². The molecular formula is C23H34BrClFN5. The van der Waals surface area contributed by atoms with Gasteiger partial charge in [0.1, 0.15) is 5.82 Å². The molecule has 3 N–H and O–H groups in total. The van der Waals surface area contributed by atoms with Crippen LogP contribution in [-0.4, -0.2) is 55.4 Å². The van der Waals surface area contributed by atoms with Crippen LogP contribution in [0.3, 0.4) is 0 Å².